The summed E-state index contributed by atoms with van der Waals surface area (Å²) in [6, 6.07) is 9.21. The summed E-state index contributed by atoms with van der Waals surface area (Å²) in [4.78, 5) is 0. The van der Waals surface area contributed by atoms with Gasteiger partial charge in [0.15, 0.2) is 0 Å². The lowest BCUT2D eigenvalue weighted by Crippen LogP contribution is -1.83. The minimum Gasteiger partial charge on any atom is -0.206 e. The Morgan fingerprint density at radius 1 is 1.21 bits per heavy atom. The van der Waals surface area contributed by atoms with E-state index in [1.807, 2.05) is 31.2 Å². The van der Waals surface area contributed by atoms with Crippen molar-refractivity contribution in [3.63, 3.8) is 0 Å². The van der Waals surface area contributed by atoms with E-state index in [-0.39, 0.29) is 5.82 Å². The first kappa shape index (κ1) is 8.95. The highest BCUT2D eigenvalue weighted by Crippen LogP contribution is 2.21. The second-order valence-electron chi connectivity index (χ2n) is 3.43. The molecule has 1 heteroatoms. The first-order valence-corrected chi connectivity index (χ1v) is 4.53. The van der Waals surface area contributed by atoms with Gasteiger partial charge in [0.05, 0.1) is 0 Å². The molecule has 70 valence electrons. The highest BCUT2D eigenvalue weighted by atomic mass is 19.1. The van der Waals surface area contributed by atoms with Gasteiger partial charge >= 0.3 is 0 Å². The summed E-state index contributed by atoms with van der Waals surface area (Å²) in [6.45, 7) is 5.59. The average Bonchev–Trinajstić information content (AvgIpc) is 2.19. The van der Waals surface area contributed by atoms with Gasteiger partial charge in [-0.15, -0.1) is 0 Å². The number of hydrogen-bond acceptors (Lipinski definition) is 0. The maximum atomic E-state index is 13.6. The zero-order valence-electron chi connectivity index (χ0n) is 8.05. The number of rotatable bonds is 1. The largest absolute Gasteiger partial charge is 0.206 e. The summed E-state index contributed by atoms with van der Waals surface area (Å²) in [5, 5.41) is 1.60. The monoisotopic (exact) mass is 186 g/mol. The molecule has 0 nitrogen and oxygen atoms in total. The van der Waals surface area contributed by atoms with Crippen LogP contribution in [0.2, 0.25) is 0 Å². The predicted molar refractivity (Wildman–Crippen MR) is 58.7 cm³/mol. The maximum Gasteiger partial charge on any atom is 0.131 e. The number of halogens is 1. The quantitative estimate of drug-likeness (QED) is 0.633. The SMILES string of the molecule is C=Cc1cc(F)c2cc(C)ccc2c1. The molecule has 0 amide bonds. The van der Waals surface area contributed by atoms with E-state index in [1.54, 1.807) is 6.08 Å². The number of benzene rings is 2. The Morgan fingerprint density at radius 2 is 2.00 bits per heavy atom. The number of fused-ring (bicyclic) bond motifs is 1. The van der Waals surface area contributed by atoms with E-state index in [0.29, 0.717) is 5.39 Å². The standard InChI is InChI=1S/C13H11F/c1-3-10-7-11-5-4-9(2)6-12(11)13(14)8-10/h3-8H,1H2,2H3. The van der Waals surface area contributed by atoms with Crippen LogP contribution < -0.4 is 0 Å². The van der Waals surface area contributed by atoms with Gasteiger partial charge in [-0.05, 0) is 36.1 Å². The third-order valence-corrected chi connectivity index (χ3v) is 2.32. The van der Waals surface area contributed by atoms with Gasteiger partial charge in [0.2, 0.25) is 0 Å². The molecule has 0 aromatic heterocycles. The Labute approximate surface area is 82.7 Å². The van der Waals surface area contributed by atoms with Crippen LogP contribution >= 0.6 is 0 Å². The second kappa shape index (κ2) is 3.26. The Hall–Kier alpha value is -1.63. The molecule has 0 saturated carbocycles. The van der Waals surface area contributed by atoms with Gasteiger partial charge in [0.25, 0.3) is 0 Å². The summed E-state index contributed by atoms with van der Waals surface area (Å²) < 4.78 is 13.6. The molecule has 0 aliphatic heterocycles. The topological polar surface area (TPSA) is 0 Å². The highest BCUT2D eigenvalue weighted by molar-refractivity contribution is 5.85. The lowest BCUT2D eigenvalue weighted by Gasteiger charge is -2.02. The molecule has 0 N–H and O–H groups in total. The maximum absolute atomic E-state index is 13.6. The fraction of sp³-hybridized carbons (Fsp3) is 0.0769. The van der Waals surface area contributed by atoms with Gasteiger partial charge in [0.1, 0.15) is 5.82 Å². The molecule has 0 atom stereocenters. The summed E-state index contributed by atoms with van der Waals surface area (Å²) >= 11 is 0. The molecule has 0 spiro atoms. The normalized spacial score (nSPS) is 10.4. The Balaban J connectivity index is 2.82. The van der Waals surface area contributed by atoms with Crippen LogP contribution in [0.1, 0.15) is 11.1 Å². The van der Waals surface area contributed by atoms with Crippen molar-refractivity contribution in [3.8, 4) is 0 Å². The van der Waals surface area contributed by atoms with Gasteiger partial charge in [-0.2, -0.15) is 0 Å². The van der Waals surface area contributed by atoms with Crippen LogP contribution in [0.3, 0.4) is 0 Å². The van der Waals surface area contributed by atoms with Crippen molar-refractivity contribution < 1.29 is 4.39 Å². The van der Waals surface area contributed by atoms with Crippen molar-refractivity contribution in [3.05, 3.63) is 53.9 Å². The van der Waals surface area contributed by atoms with E-state index in [0.717, 1.165) is 16.5 Å². The summed E-state index contributed by atoms with van der Waals surface area (Å²) in [5.74, 6) is -0.180. The van der Waals surface area contributed by atoms with Crippen molar-refractivity contribution in [2.24, 2.45) is 0 Å². The van der Waals surface area contributed by atoms with Gasteiger partial charge in [-0.25, -0.2) is 4.39 Å². The second-order valence-corrected chi connectivity index (χ2v) is 3.43. The van der Waals surface area contributed by atoms with Crippen LogP contribution in [0, 0.1) is 12.7 Å². The molecule has 0 saturated heterocycles. The highest BCUT2D eigenvalue weighted by Gasteiger charge is 2.01. The average molecular weight is 186 g/mol. The first-order valence-electron chi connectivity index (χ1n) is 4.53. The molecule has 0 unspecified atom stereocenters. The Kier molecular flexibility index (Phi) is 2.08. The molecule has 0 bridgehead atoms. The van der Waals surface area contributed by atoms with Crippen molar-refractivity contribution in [2.45, 2.75) is 6.92 Å². The number of aryl methyl sites for hydroxylation is 1. The lowest BCUT2D eigenvalue weighted by molar-refractivity contribution is 0.639. The van der Waals surface area contributed by atoms with E-state index in [2.05, 4.69) is 6.58 Å². The lowest BCUT2D eigenvalue weighted by atomic mass is 10.0. The first-order chi connectivity index (χ1) is 6.70. The fourth-order valence-corrected chi connectivity index (χ4v) is 1.57. The van der Waals surface area contributed by atoms with E-state index in [9.17, 15) is 4.39 Å². The van der Waals surface area contributed by atoms with Crippen LogP contribution in [0.15, 0.2) is 36.9 Å². The van der Waals surface area contributed by atoms with Crippen molar-refractivity contribution in [1.82, 2.24) is 0 Å². The van der Waals surface area contributed by atoms with Crippen LogP contribution in [-0.4, -0.2) is 0 Å². The van der Waals surface area contributed by atoms with Crippen molar-refractivity contribution in [1.29, 1.82) is 0 Å². The molecule has 0 heterocycles. The van der Waals surface area contributed by atoms with Crippen molar-refractivity contribution >= 4 is 16.8 Å². The van der Waals surface area contributed by atoms with E-state index < -0.39 is 0 Å². The smallest absolute Gasteiger partial charge is 0.131 e. The van der Waals surface area contributed by atoms with Gasteiger partial charge < -0.3 is 0 Å². The zero-order valence-corrected chi connectivity index (χ0v) is 8.05. The van der Waals surface area contributed by atoms with Crippen molar-refractivity contribution in [2.75, 3.05) is 0 Å². The molecule has 0 aliphatic rings. The van der Waals surface area contributed by atoms with Gasteiger partial charge in [-0.3, -0.25) is 0 Å². The van der Waals surface area contributed by atoms with E-state index in [1.165, 1.54) is 6.07 Å². The zero-order chi connectivity index (χ0) is 10.1. The third-order valence-electron chi connectivity index (χ3n) is 2.32. The minimum absolute atomic E-state index is 0.180. The molecular formula is C13H11F. The van der Waals surface area contributed by atoms with Gasteiger partial charge in [0, 0.05) is 5.39 Å². The van der Waals surface area contributed by atoms with Crippen LogP contribution in [0.4, 0.5) is 4.39 Å². The summed E-state index contributed by atoms with van der Waals surface area (Å²) in [5.41, 5.74) is 1.89. The molecule has 2 rings (SSSR count). The summed E-state index contributed by atoms with van der Waals surface area (Å²) in [6.07, 6.45) is 1.66. The number of hydrogen-bond donors (Lipinski definition) is 0. The fourth-order valence-electron chi connectivity index (χ4n) is 1.57. The Bertz CT molecular complexity index is 498. The summed E-state index contributed by atoms with van der Waals surface area (Å²) in [7, 11) is 0. The van der Waals surface area contributed by atoms with Gasteiger partial charge in [-0.1, -0.05) is 30.4 Å². The van der Waals surface area contributed by atoms with E-state index >= 15 is 0 Å². The molecule has 0 fully saturated rings. The van der Waals surface area contributed by atoms with Crippen LogP contribution in [0.5, 0.6) is 0 Å². The van der Waals surface area contributed by atoms with E-state index in [4.69, 9.17) is 0 Å². The van der Waals surface area contributed by atoms with Crippen LogP contribution in [0.25, 0.3) is 16.8 Å². The minimum atomic E-state index is -0.180. The molecule has 0 aliphatic carbocycles. The third kappa shape index (κ3) is 1.41. The molecule has 2 aromatic rings. The van der Waals surface area contributed by atoms with Crippen LogP contribution in [-0.2, 0) is 0 Å². The molecular weight excluding hydrogens is 175 g/mol. The molecule has 0 radical (unpaired) electrons. The Morgan fingerprint density at radius 3 is 2.71 bits per heavy atom. The molecule has 2 aromatic carbocycles. The molecule has 14 heavy (non-hydrogen) atoms. The predicted octanol–water partition coefficient (Wildman–Crippen LogP) is 3.93.